The van der Waals surface area contributed by atoms with Gasteiger partial charge in [0, 0.05) is 21.2 Å². The summed E-state index contributed by atoms with van der Waals surface area (Å²) in [5, 5.41) is 2.05. The van der Waals surface area contributed by atoms with E-state index in [-0.39, 0.29) is 6.04 Å². The molecule has 0 saturated heterocycles. The first-order valence-electron chi connectivity index (χ1n) is 4.07. The number of hydrogen-bond acceptors (Lipinski definition) is 3. The quantitative estimate of drug-likeness (QED) is 0.887. The molecule has 1 unspecified atom stereocenters. The van der Waals surface area contributed by atoms with Crippen molar-refractivity contribution in [2.45, 2.75) is 12.5 Å². The number of halogens is 1. The van der Waals surface area contributed by atoms with Crippen LogP contribution in [0, 0.1) is 0 Å². The van der Waals surface area contributed by atoms with Gasteiger partial charge in [-0.15, -0.1) is 11.3 Å². The summed E-state index contributed by atoms with van der Waals surface area (Å²) in [7, 11) is 0. The van der Waals surface area contributed by atoms with E-state index in [4.69, 9.17) is 10.5 Å². The topological polar surface area (TPSA) is 35.2 Å². The van der Waals surface area contributed by atoms with Crippen molar-refractivity contribution in [3.8, 4) is 0 Å². The molecule has 2 N–H and O–H groups in total. The van der Waals surface area contributed by atoms with E-state index in [0.29, 0.717) is 0 Å². The number of nitrogens with two attached hydrogens (primary N) is 1. The van der Waals surface area contributed by atoms with Gasteiger partial charge in [-0.25, -0.2) is 0 Å². The molecule has 2 nitrogen and oxygen atoms in total. The summed E-state index contributed by atoms with van der Waals surface area (Å²) in [5.41, 5.74) is 7.24. The number of hydrogen-bond donors (Lipinski definition) is 1. The van der Waals surface area contributed by atoms with Gasteiger partial charge in [-0.2, -0.15) is 0 Å². The van der Waals surface area contributed by atoms with Crippen molar-refractivity contribution in [3.05, 3.63) is 32.6 Å². The van der Waals surface area contributed by atoms with Crippen LogP contribution in [0.1, 0.15) is 17.3 Å². The number of ether oxygens (including phenoxy) is 1. The standard InChI is InChI=1S/C9H10BrNOS/c10-7-3-8(13-5-7)9(11)6-1-2-12-4-6/h3-5,9H,1-2,11H2. The Kier molecular flexibility index (Phi) is 2.71. The van der Waals surface area contributed by atoms with E-state index in [9.17, 15) is 0 Å². The van der Waals surface area contributed by atoms with Crippen LogP contribution in [0.15, 0.2) is 27.8 Å². The molecule has 0 spiro atoms. The molecule has 0 radical (unpaired) electrons. The minimum absolute atomic E-state index is 0.0128. The van der Waals surface area contributed by atoms with Crippen LogP contribution in [0.2, 0.25) is 0 Å². The lowest BCUT2D eigenvalue weighted by Gasteiger charge is -2.08. The van der Waals surface area contributed by atoms with Gasteiger partial charge in [0.1, 0.15) is 0 Å². The summed E-state index contributed by atoms with van der Waals surface area (Å²) in [6, 6.07) is 2.08. The van der Waals surface area contributed by atoms with Gasteiger partial charge in [-0.3, -0.25) is 0 Å². The van der Waals surface area contributed by atoms with E-state index in [0.717, 1.165) is 17.5 Å². The first-order chi connectivity index (χ1) is 6.27. The maximum absolute atomic E-state index is 6.05. The molecule has 1 aromatic rings. The van der Waals surface area contributed by atoms with Crippen LogP contribution in [0.5, 0.6) is 0 Å². The molecule has 70 valence electrons. The zero-order chi connectivity index (χ0) is 9.26. The molecule has 0 aliphatic carbocycles. The van der Waals surface area contributed by atoms with Gasteiger partial charge >= 0.3 is 0 Å². The highest BCUT2D eigenvalue weighted by atomic mass is 79.9. The lowest BCUT2D eigenvalue weighted by atomic mass is 10.1. The molecule has 0 fully saturated rings. The maximum atomic E-state index is 6.05. The molecular weight excluding hydrogens is 250 g/mol. The smallest absolute Gasteiger partial charge is 0.0912 e. The fourth-order valence-electron chi connectivity index (χ4n) is 1.30. The second-order valence-electron chi connectivity index (χ2n) is 2.96. The second kappa shape index (κ2) is 3.82. The largest absolute Gasteiger partial charge is 0.501 e. The Hall–Kier alpha value is -0.320. The van der Waals surface area contributed by atoms with Gasteiger partial charge in [0.2, 0.25) is 0 Å². The Bertz CT molecular complexity index is 334. The summed E-state index contributed by atoms with van der Waals surface area (Å²) in [5.74, 6) is 0. The van der Waals surface area contributed by atoms with Crippen molar-refractivity contribution in [3.63, 3.8) is 0 Å². The van der Waals surface area contributed by atoms with E-state index < -0.39 is 0 Å². The Morgan fingerprint density at radius 3 is 3.00 bits per heavy atom. The fourth-order valence-corrected chi connectivity index (χ4v) is 2.79. The zero-order valence-electron chi connectivity index (χ0n) is 7.00. The highest BCUT2D eigenvalue weighted by Gasteiger charge is 2.17. The molecule has 0 amide bonds. The van der Waals surface area contributed by atoms with E-state index in [1.807, 2.05) is 5.38 Å². The van der Waals surface area contributed by atoms with E-state index in [1.54, 1.807) is 17.6 Å². The van der Waals surface area contributed by atoms with Crippen molar-refractivity contribution >= 4 is 27.3 Å². The van der Waals surface area contributed by atoms with Gasteiger partial charge in [-0.1, -0.05) is 0 Å². The minimum atomic E-state index is 0.0128. The van der Waals surface area contributed by atoms with Crippen LogP contribution in [-0.2, 0) is 4.74 Å². The highest BCUT2D eigenvalue weighted by molar-refractivity contribution is 9.10. The van der Waals surface area contributed by atoms with Gasteiger partial charge in [0.05, 0.1) is 18.9 Å². The van der Waals surface area contributed by atoms with E-state index in [2.05, 4.69) is 22.0 Å². The van der Waals surface area contributed by atoms with Gasteiger partial charge in [0.25, 0.3) is 0 Å². The summed E-state index contributed by atoms with van der Waals surface area (Å²) in [4.78, 5) is 1.18. The Labute approximate surface area is 89.5 Å². The van der Waals surface area contributed by atoms with Gasteiger partial charge < -0.3 is 10.5 Å². The molecule has 2 heterocycles. The van der Waals surface area contributed by atoms with Gasteiger partial charge in [0.15, 0.2) is 0 Å². The molecule has 0 bridgehead atoms. The van der Waals surface area contributed by atoms with Crippen molar-refractivity contribution in [1.82, 2.24) is 0 Å². The van der Waals surface area contributed by atoms with Crippen LogP contribution < -0.4 is 5.73 Å². The predicted molar refractivity (Wildman–Crippen MR) is 57.6 cm³/mol. The summed E-state index contributed by atoms with van der Waals surface area (Å²) >= 11 is 5.09. The average molecular weight is 260 g/mol. The SMILES string of the molecule is NC(C1=COCC1)c1cc(Br)cs1. The van der Waals surface area contributed by atoms with E-state index >= 15 is 0 Å². The Morgan fingerprint density at radius 2 is 2.46 bits per heavy atom. The third-order valence-electron chi connectivity index (χ3n) is 2.04. The average Bonchev–Trinajstić information content (AvgIpc) is 2.72. The Balaban J connectivity index is 2.16. The molecule has 0 aromatic carbocycles. The molecule has 1 atom stereocenters. The molecule has 0 saturated carbocycles. The molecule has 1 aliphatic rings. The normalized spacial score (nSPS) is 18.2. The van der Waals surface area contributed by atoms with Crippen molar-refractivity contribution < 1.29 is 4.74 Å². The second-order valence-corrected chi connectivity index (χ2v) is 4.82. The molecule has 1 aromatic heterocycles. The monoisotopic (exact) mass is 259 g/mol. The first-order valence-corrected chi connectivity index (χ1v) is 5.74. The van der Waals surface area contributed by atoms with Crippen LogP contribution in [0.3, 0.4) is 0 Å². The third kappa shape index (κ3) is 1.95. The lowest BCUT2D eigenvalue weighted by Crippen LogP contribution is -2.10. The zero-order valence-corrected chi connectivity index (χ0v) is 9.40. The van der Waals surface area contributed by atoms with Crippen LogP contribution in [0.4, 0.5) is 0 Å². The highest BCUT2D eigenvalue weighted by Crippen LogP contribution is 2.31. The lowest BCUT2D eigenvalue weighted by molar-refractivity contribution is 0.281. The fraction of sp³-hybridized carbons (Fsp3) is 0.333. The van der Waals surface area contributed by atoms with Crippen LogP contribution in [-0.4, -0.2) is 6.61 Å². The number of thiophene rings is 1. The van der Waals surface area contributed by atoms with Gasteiger partial charge in [-0.05, 0) is 27.6 Å². The molecule has 13 heavy (non-hydrogen) atoms. The van der Waals surface area contributed by atoms with Crippen LogP contribution >= 0.6 is 27.3 Å². The van der Waals surface area contributed by atoms with E-state index in [1.165, 1.54) is 10.5 Å². The van der Waals surface area contributed by atoms with Crippen molar-refractivity contribution in [1.29, 1.82) is 0 Å². The molecule has 1 aliphatic heterocycles. The third-order valence-corrected chi connectivity index (χ3v) is 3.81. The molecule has 4 heteroatoms. The minimum Gasteiger partial charge on any atom is -0.501 e. The summed E-state index contributed by atoms with van der Waals surface area (Å²) in [6.07, 6.45) is 2.75. The first kappa shape index (κ1) is 9.24. The molecule has 2 rings (SSSR count). The summed E-state index contributed by atoms with van der Waals surface area (Å²) < 4.78 is 6.26. The molecular formula is C9H10BrNOS. The van der Waals surface area contributed by atoms with Crippen LogP contribution in [0.25, 0.3) is 0 Å². The number of rotatable bonds is 2. The maximum Gasteiger partial charge on any atom is 0.0912 e. The van der Waals surface area contributed by atoms with Crippen molar-refractivity contribution in [2.24, 2.45) is 5.73 Å². The summed E-state index contributed by atoms with van der Waals surface area (Å²) in [6.45, 7) is 0.773. The predicted octanol–water partition coefficient (Wildman–Crippen LogP) is 2.81. The Morgan fingerprint density at radius 1 is 1.62 bits per heavy atom. The van der Waals surface area contributed by atoms with Crippen molar-refractivity contribution in [2.75, 3.05) is 6.61 Å².